The van der Waals surface area contributed by atoms with E-state index in [0.29, 0.717) is 17.7 Å². The summed E-state index contributed by atoms with van der Waals surface area (Å²) in [4.78, 5) is 12.6. The molecule has 0 amide bonds. The maximum Gasteiger partial charge on any atom is 0.194 e. The van der Waals surface area contributed by atoms with Crippen molar-refractivity contribution in [2.45, 2.75) is 6.42 Å². The first-order valence-corrected chi connectivity index (χ1v) is 7.33. The van der Waals surface area contributed by atoms with Gasteiger partial charge in [-0.05, 0) is 34.7 Å². The number of aromatic hydroxyl groups is 1. The van der Waals surface area contributed by atoms with Crippen LogP contribution < -0.4 is 4.74 Å². The van der Waals surface area contributed by atoms with Crippen molar-refractivity contribution >= 4 is 16.6 Å². The van der Waals surface area contributed by atoms with Crippen LogP contribution in [0.25, 0.3) is 21.9 Å². The summed E-state index contributed by atoms with van der Waals surface area (Å²) in [6, 6.07) is 13.2. The predicted molar refractivity (Wildman–Crippen MR) is 83.7 cm³/mol. The number of phenols is 1. The molecule has 22 heavy (non-hydrogen) atoms. The highest BCUT2D eigenvalue weighted by molar-refractivity contribution is 6.26. The van der Waals surface area contributed by atoms with Crippen LogP contribution in [0.1, 0.15) is 21.5 Å². The quantitative estimate of drug-likeness (QED) is 0.537. The molecule has 1 heterocycles. The fraction of sp³-hybridized carbons (Fsp3) is 0.105. The van der Waals surface area contributed by atoms with Crippen LogP contribution in [-0.4, -0.2) is 17.5 Å². The number of fused-ring (bicyclic) bond motifs is 6. The number of ether oxygens (including phenoxy) is 1. The van der Waals surface area contributed by atoms with Crippen molar-refractivity contribution in [2.75, 3.05) is 6.61 Å². The van der Waals surface area contributed by atoms with E-state index in [1.807, 2.05) is 30.3 Å². The maximum absolute atomic E-state index is 12.6. The Kier molecular flexibility index (Phi) is 2.09. The summed E-state index contributed by atoms with van der Waals surface area (Å²) in [6.45, 7) is 0.671. The molecular formula is C19H12O3. The van der Waals surface area contributed by atoms with E-state index in [-0.39, 0.29) is 11.5 Å². The normalized spacial score (nSPS) is 14.6. The zero-order valence-corrected chi connectivity index (χ0v) is 11.7. The van der Waals surface area contributed by atoms with Gasteiger partial charge in [0.15, 0.2) is 5.78 Å². The van der Waals surface area contributed by atoms with E-state index in [2.05, 4.69) is 6.07 Å². The lowest BCUT2D eigenvalue weighted by Crippen LogP contribution is -1.95. The molecule has 0 radical (unpaired) electrons. The molecule has 1 aliphatic heterocycles. The van der Waals surface area contributed by atoms with Gasteiger partial charge in [-0.25, -0.2) is 0 Å². The van der Waals surface area contributed by atoms with Crippen molar-refractivity contribution in [1.29, 1.82) is 0 Å². The molecule has 1 N–H and O–H groups in total. The Morgan fingerprint density at radius 1 is 0.955 bits per heavy atom. The molecule has 0 saturated carbocycles. The van der Waals surface area contributed by atoms with Crippen LogP contribution in [-0.2, 0) is 6.42 Å². The van der Waals surface area contributed by atoms with Gasteiger partial charge >= 0.3 is 0 Å². The molecule has 0 atom stereocenters. The third-order valence-electron chi connectivity index (χ3n) is 4.61. The van der Waals surface area contributed by atoms with Crippen LogP contribution in [0, 0.1) is 0 Å². The molecule has 0 aromatic heterocycles. The molecule has 0 spiro atoms. The highest BCUT2D eigenvalue weighted by Crippen LogP contribution is 2.46. The number of hydrogen-bond donors (Lipinski definition) is 1. The van der Waals surface area contributed by atoms with Crippen LogP contribution in [0.2, 0.25) is 0 Å². The number of phenolic OH excluding ortho intramolecular Hbond substituents is 1. The third-order valence-corrected chi connectivity index (χ3v) is 4.61. The second-order valence-corrected chi connectivity index (χ2v) is 5.80. The van der Waals surface area contributed by atoms with Gasteiger partial charge in [-0.15, -0.1) is 0 Å². The number of benzene rings is 3. The van der Waals surface area contributed by atoms with E-state index in [1.165, 1.54) is 0 Å². The van der Waals surface area contributed by atoms with E-state index in [0.717, 1.165) is 39.6 Å². The van der Waals surface area contributed by atoms with Gasteiger partial charge in [0.2, 0.25) is 0 Å². The summed E-state index contributed by atoms with van der Waals surface area (Å²) in [5, 5.41) is 12.0. The fourth-order valence-electron chi connectivity index (χ4n) is 3.59. The predicted octanol–water partition coefficient (Wildman–Crippen LogP) is 3.69. The SMILES string of the molecule is O=C1c2ccccc2-c2c1cc(O)c1cc3c(cc21)CCO3. The van der Waals surface area contributed by atoms with E-state index in [4.69, 9.17) is 4.74 Å². The summed E-state index contributed by atoms with van der Waals surface area (Å²) in [6.07, 6.45) is 0.866. The summed E-state index contributed by atoms with van der Waals surface area (Å²) >= 11 is 0. The lowest BCUT2D eigenvalue weighted by atomic mass is 9.95. The van der Waals surface area contributed by atoms with Crippen molar-refractivity contribution < 1.29 is 14.6 Å². The minimum Gasteiger partial charge on any atom is -0.507 e. The molecule has 106 valence electrons. The van der Waals surface area contributed by atoms with Crippen LogP contribution in [0.3, 0.4) is 0 Å². The molecule has 3 aromatic rings. The second kappa shape index (κ2) is 3.89. The average Bonchev–Trinajstić information content (AvgIpc) is 3.10. The smallest absolute Gasteiger partial charge is 0.194 e. The van der Waals surface area contributed by atoms with Gasteiger partial charge in [-0.1, -0.05) is 24.3 Å². The maximum atomic E-state index is 12.6. The molecule has 0 unspecified atom stereocenters. The molecule has 0 saturated heterocycles. The molecule has 0 fully saturated rings. The number of hydrogen-bond acceptors (Lipinski definition) is 3. The van der Waals surface area contributed by atoms with Crippen LogP contribution in [0.15, 0.2) is 42.5 Å². The van der Waals surface area contributed by atoms with Gasteiger partial charge in [-0.3, -0.25) is 4.79 Å². The van der Waals surface area contributed by atoms with Crippen molar-refractivity contribution in [3.63, 3.8) is 0 Å². The van der Waals surface area contributed by atoms with E-state index >= 15 is 0 Å². The zero-order chi connectivity index (χ0) is 14.8. The number of carbonyl (C=O) groups is 1. The Labute approximate surface area is 126 Å². The molecule has 0 bridgehead atoms. The monoisotopic (exact) mass is 288 g/mol. The van der Waals surface area contributed by atoms with E-state index in [9.17, 15) is 9.90 Å². The third kappa shape index (κ3) is 1.33. The van der Waals surface area contributed by atoms with Gasteiger partial charge < -0.3 is 9.84 Å². The minimum absolute atomic E-state index is 0.0143. The van der Waals surface area contributed by atoms with Crippen molar-refractivity contribution in [3.05, 3.63) is 59.2 Å². The van der Waals surface area contributed by atoms with E-state index in [1.54, 1.807) is 6.07 Å². The largest absolute Gasteiger partial charge is 0.507 e. The first kappa shape index (κ1) is 11.8. The van der Waals surface area contributed by atoms with Crippen LogP contribution in [0.4, 0.5) is 0 Å². The molecule has 3 heteroatoms. The summed E-state index contributed by atoms with van der Waals surface area (Å²) in [5.74, 6) is 0.952. The minimum atomic E-state index is -0.0143. The van der Waals surface area contributed by atoms with Crippen LogP contribution in [0.5, 0.6) is 11.5 Å². The Hall–Kier alpha value is -2.81. The fourth-order valence-corrected chi connectivity index (χ4v) is 3.59. The highest BCUT2D eigenvalue weighted by atomic mass is 16.5. The number of ketones is 1. The zero-order valence-electron chi connectivity index (χ0n) is 11.7. The summed E-state index contributed by atoms with van der Waals surface area (Å²) in [5.41, 5.74) is 4.32. The molecule has 2 aliphatic rings. The first-order chi connectivity index (χ1) is 10.7. The molecule has 5 rings (SSSR count). The molecule has 3 aromatic carbocycles. The van der Waals surface area contributed by atoms with Gasteiger partial charge in [0.05, 0.1) is 6.61 Å². The molecule has 3 nitrogen and oxygen atoms in total. The summed E-state index contributed by atoms with van der Waals surface area (Å²) < 4.78 is 5.59. The topological polar surface area (TPSA) is 46.5 Å². The van der Waals surface area contributed by atoms with E-state index < -0.39 is 0 Å². The lowest BCUT2D eigenvalue weighted by Gasteiger charge is -2.10. The highest BCUT2D eigenvalue weighted by Gasteiger charge is 2.30. The van der Waals surface area contributed by atoms with Gasteiger partial charge in [-0.2, -0.15) is 0 Å². The Morgan fingerprint density at radius 3 is 2.64 bits per heavy atom. The first-order valence-electron chi connectivity index (χ1n) is 7.33. The molecule has 1 aliphatic carbocycles. The van der Waals surface area contributed by atoms with Crippen molar-refractivity contribution in [2.24, 2.45) is 0 Å². The average molecular weight is 288 g/mol. The summed E-state index contributed by atoms with van der Waals surface area (Å²) in [7, 11) is 0. The standard InChI is InChI=1S/C19H12O3/c20-16-8-15-18(11-3-1-2-4-12(11)19(15)21)14-7-10-5-6-22-17(10)9-13(14)16/h1-4,7-9,20H,5-6H2. The van der Waals surface area contributed by atoms with Gasteiger partial charge in [0.1, 0.15) is 11.5 Å². The molecular weight excluding hydrogens is 276 g/mol. The number of carbonyl (C=O) groups excluding carboxylic acids is 1. The van der Waals surface area contributed by atoms with Gasteiger partial charge in [0, 0.05) is 28.5 Å². The van der Waals surface area contributed by atoms with Crippen LogP contribution >= 0.6 is 0 Å². The van der Waals surface area contributed by atoms with Gasteiger partial charge in [0.25, 0.3) is 0 Å². The Bertz CT molecular complexity index is 986. The lowest BCUT2D eigenvalue weighted by molar-refractivity contribution is 0.104. The Balaban J connectivity index is 1.97. The Morgan fingerprint density at radius 2 is 1.77 bits per heavy atom. The van der Waals surface area contributed by atoms with Crippen molar-refractivity contribution in [3.8, 4) is 22.6 Å². The van der Waals surface area contributed by atoms with Crippen molar-refractivity contribution in [1.82, 2.24) is 0 Å². The second-order valence-electron chi connectivity index (χ2n) is 5.80. The number of rotatable bonds is 0.